The summed E-state index contributed by atoms with van der Waals surface area (Å²) in [5, 5.41) is 17.1. The van der Waals surface area contributed by atoms with Crippen molar-refractivity contribution in [1.29, 1.82) is 0 Å². The number of nitrogens with zero attached hydrogens (tertiary/aromatic N) is 2. The molecule has 2 N–H and O–H groups in total. The van der Waals surface area contributed by atoms with Crippen molar-refractivity contribution in [2.45, 2.75) is 40.2 Å². The predicted octanol–water partition coefficient (Wildman–Crippen LogP) is 3.56. The second-order valence-electron chi connectivity index (χ2n) is 6.46. The van der Waals surface area contributed by atoms with Crippen LogP contribution in [0, 0.1) is 19.8 Å². The van der Waals surface area contributed by atoms with Gasteiger partial charge in [0.25, 0.3) is 0 Å². The summed E-state index contributed by atoms with van der Waals surface area (Å²) in [7, 11) is 0. The van der Waals surface area contributed by atoms with Gasteiger partial charge in [-0.05, 0) is 38.0 Å². The maximum Gasteiger partial charge on any atom is 0.326 e. The van der Waals surface area contributed by atoms with Crippen molar-refractivity contribution >= 4 is 35.1 Å². The number of carboxylic acid groups (broad SMARTS) is 1. The van der Waals surface area contributed by atoms with Gasteiger partial charge in [-0.3, -0.25) is 4.79 Å². The summed E-state index contributed by atoms with van der Waals surface area (Å²) < 4.78 is 1.69. The first kappa shape index (κ1) is 20.3. The molecule has 0 saturated carbocycles. The molecule has 0 saturated heterocycles. The average molecular weight is 398 g/mol. The largest absolute Gasteiger partial charge is 0.480 e. The van der Waals surface area contributed by atoms with Gasteiger partial charge in [0.2, 0.25) is 5.91 Å². The highest BCUT2D eigenvalue weighted by Crippen LogP contribution is 2.26. The molecule has 2 aromatic rings. The summed E-state index contributed by atoms with van der Waals surface area (Å²) in [5.74, 6) is -1.61. The van der Waals surface area contributed by atoms with Crippen LogP contribution in [0.3, 0.4) is 0 Å². The Hall–Kier alpha value is -2.05. The lowest BCUT2D eigenvalue weighted by molar-refractivity contribution is -0.143. The number of rotatable bonds is 6. The third-order valence-corrected chi connectivity index (χ3v) is 4.91. The van der Waals surface area contributed by atoms with Crippen LogP contribution in [0.4, 0.5) is 0 Å². The number of benzene rings is 1. The molecule has 0 fully saturated rings. The molecule has 1 aromatic heterocycles. The fourth-order valence-corrected chi connectivity index (χ4v) is 2.99. The Labute approximate surface area is 162 Å². The first-order valence-electron chi connectivity index (χ1n) is 8.14. The van der Waals surface area contributed by atoms with Gasteiger partial charge in [0, 0.05) is 11.3 Å². The number of hydrogen-bond acceptors (Lipinski definition) is 3. The molecule has 0 unspecified atom stereocenters. The molecule has 1 heterocycles. The Balaban J connectivity index is 2.26. The Morgan fingerprint density at radius 2 is 1.88 bits per heavy atom. The molecule has 0 aliphatic heterocycles. The lowest BCUT2D eigenvalue weighted by Gasteiger charge is -2.17. The van der Waals surface area contributed by atoms with E-state index in [1.54, 1.807) is 43.7 Å². The van der Waals surface area contributed by atoms with Gasteiger partial charge >= 0.3 is 5.97 Å². The number of nitrogens with one attached hydrogen (secondary N) is 1. The number of carboxylic acids is 1. The number of carbonyl (C=O) groups is 2. The van der Waals surface area contributed by atoms with Crippen molar-refractivity contribution in [3.8, 4) is 5.69 Å². The van der Waals surface area contributed by atoms with Crippen molar-refractivity contribution in [3.63, 3.8) is 0 Å². The van der Waals surface area contributed by atoms with E-state index in [1.807, 2.05) is 6.92 Å². The van der Waals surface area contributed by atoms with Crippen molar-refractivity contribution in [2.75, 3.05) is 0 Å². The van der Waals surface area contributed by atoms with Gasteiger partial charge in [0.1, 0.15) is 6.04 Å². The number of aliphatic carboxylic acids is 1. The lowest BCUT2D eigenvalue weighted by atomic mass is 10.0. The highest BCUT2D eigenvalue weighted by molar-refractivity contribution is 6.42. The van der Waals surface area contributed by atoms with E-state index in [9.17, 15) is 14.7 Å². The maximum atomic E-state index is 12.3. The molecule has 0 aliphatic rings. The SMILES string of the molecule is Cc1nn(-c2ccc(Cl)c(Cl)c2)c(C)c1CC(=O)N[C@H](C(=O)O)C(C)C. The minimum Gasteiger partial charge on any atom is -0.480 e. The van der Waals surface area contributed by atoms with Gasteiger partial charge < -0.3 is 10.4 Å². The van der Waals surface area contributed by atoms with Crippen LogP contribution in [-0.2, 0) is 16.0 Å². The van der Waals surface area contributed by atoms with Crippen LogP contribution in [0.5, 0.6) is 0 Å². The van der Waals surface area contributed by atoms with E-state index in [2.05, 4.69) is 10.4 Å². The number of hydrogen-bond donors (Lipinski definition) is 2. The number of halogens is 2. The molecule has 1 aromatic carbocycles. The topological polar surface area (TPSA) is 84.2 Å². The van der Waals surface area contributed by atoms with E-state index in [1.165, 1.54) is 0 Å². The number of aryl methyl sites for hydroxylation is 1. The summed E-state index contributed by atoms with van der Waals surface area (Å²) in [5.41, 5.74) is 2.96. The van der Waals surface area contributed by atoms with Gasteiger partial charge in [0.15, 0.2) is 0 Å². The second-order valence-corrected chi connectivity index (χ2v) is 7.28. The Morgan fingerprint density at radius 3 is 2.42 bits per heavy atom. The zero-order valence-electron chi connectivity index (χ0n) is 15.0. The average Bonchev–Trinajstić information content (AvgIpc) is 2.82. The van der Waals surface area contributed by atoms with Crippen molar-refractivity contribution in [3.05, 3.63) is 45.2 Å². The molecule has 1 atom stereocenters. The van der Waals surface area contributed by atoms with Crippen LogP contribution in [0.2, 0.25) is 10.0 Å². The van der Waals surface area contributed by atoms with Crippen molar-refractivity contribution in [2.24, 2.45) is 5.92 Å². The fourth-order valence-electron chi connectivity index (χ4n) is 2.70. The van der Waals surface area contributed by atoms with Crippen LogP contribution < -0.4 is 5.32 Å². The smallest absolute Gasteiger partial charge is 0.326 e. The van der Waals surface area contributed by atoms with E-state index in [-0.39, 0.29) is 18.2 Å². The van der Waals surface area contributed by atoms with E-state index in [0.29, 0.717) is 15.7 Å². The maximum absolute atomic E-state index is 12.3. The molecule has 140 valence electrons. The zero-order valence-corrected chi connectivity index (χ0v) is 16.5. The molecule has 0 bridgehead atoms. The monoisotopic (exact) mass is 397 g/mol. The third-order valence-electron chi connectivity index (χ3n) is 4.18. The zero-order chi connectivity index (χ0) is 19.6. The summed E-state index contributed by atoms with van der Waals surface area (Å²) >= 11 is 12.0. The minimum absolute atomic E-state index is 0.0511. The van der Waals surface area contributed by atoms with Gasteiger partial charge in [-0.15, -0.1) is 0 Å². The molecule has 8 heteroatoms. The molecular weight excluding hydrogens is 377 g/mol. The lowest BCUT2D eigenvalue weighted by Crippen LogP contribution is -2.45. The first-order valence-corrected chi connectivity index (χ1v) is 8.90. The van der Waals surface area contributed by atoms with Crippen LogP contribution in [0.25, 0.3) is 5.69 Å². The van der Waals surface area contributed by atoms with E-state index in [0.717, 1.165) is 16.9 Å². The van der Waals surface area contributed by atoms with Crippen LogP contribution in [-0.4, -0.2) is 32.8 Å². The minimum atomic E-state index is -1.05. The summed E-state index contributed by atoms with van der Waals surface area (Å²) in [6.45, 7) is 7.15. The number of amides is 1. The van der Waals surface area contributed by atoms with E-state index >= 15 is 0 Å². The van der Waals surface area contributed by atoms with Crippen molar-refractivity contribution < 1.29 is 14.7 Å². The molecule has 6 nitrogen and oxygen atoms in total. The van der Waals surface area contributed by atoms with Crippen LogP contribution in [0.1, 0.15) is 30.8 Å². The van der Waals surface area contributed by atoms with Crippen LogP contribution >= 0.6 is 23.2 Å². The van der Waals surface area contributed by atoms with Crippen LogP contribution in [0.15, 0.2) is 18.2 Å². The number of carbonyl (C=O) groups excluding carboxylic acids is 1. The van der Waals surface area contributed by atoms with Crippen molar-refractivity contribution in [1.82, 2.24) is 15.1 Å². The highest BCUT2D eigenvalue weighted by atomic mass is 35.5. The van der Waals surface area contributed by atoms with Gasteiger partial charge in [-0.25, -0.2) is 9.48 Å². The Bertz CT molecular complexity index is 846. The van der Waals surface area contributed by atoms with Gasteiger partial charge in [-0.1, -0.05) is 37.0 Å². The highest BCUT2D eigenvalue weighted by Gasteiger charge is 2.24. The first-order chi connectivity index (χ1) is 12.1. The van der Waals surface area contributed by atoms with E-state index in [4.69, 9.17) is 23.2 Å². The summed E-state index contributed by atoms with van der Waals surface area (Å²) in [4.78, 5) is 23.6. The Morgan fingerprint density at radius 1 is 1.23 bits per heavy atom. The second kappa shape index (κ2) is 8.10. The third kappa shape index (κ3) is 4.37. The predicted molar refractivity (Wildman–Crippen MR) is 101 cm³/mol. The molecular formula is C18H21Cl2N3O3. The molecule has 0 spiro atoms. The number of aromatic nitrogens is 2. The molecule has 0 aliphatic carbocycles. The van der Waals surface area contributed by atoms with Gasteiger partial charge in [0.05, 0.1) is 27.8 Å². The molecule has 1 amide bonds. The summed E-state index contributed by atoms with van der Waals surface area (Å²) in [6.07, 6.45) is 0.0511. The molecule has 2 rings (SSSR count). The molecule has 0 radical (unpaired) electrons. The Kier molecular flexibility index (Phi) is 6.31. The summed E-state index contributed by atoms with van der Waals surface area (Å²) in [6, 6.07) is 4.25. The fraction of sp³-hybridized carbons (Fsp3) is 0.389. The standard InChI is InChI=1S/C18H21Cl2N3O3/c1-9(2)17(18(25)26)21-16(24)8-13-10(3)22-23(11(13)4)12-5-6-14(19)15(20)7-12/h5-7,9,17H,8H2,1-4H3,(H,21,24)(H,25,26)/t17-/m0/s1. The van der Waals surface area contributed by atoms with Gasteiger partial charge in [-0.2, -0.15) is 5.10 Å². The van der Waals surface area contributed by atoms with E-state index < -0.39 is 12.0 Å². The quantitative estimate of drug-likeness (QED) is 0.779. The molecule has 26 heavy (non-hydrogen) atoms. The normalized spacial score (nSPS) is 12.3.